The maximum atomic E-state index is 12.2. The number of benzene rings is 1. The van der Waals surface area contributed by atoms with Crippen LogP contribution in [0.1, 0.15) is 30.0 Å². The molecule has 0 bridgehead atoms. The summed E-state index contributed by atoms with van der Waals surface area (Å²) in [4.78, 5) is 18.7. The Morgan fingerprint density at radius 3 is 2.73 bits per heavy atom. The van der Waals surface area contributed by atoms with E-state index in [-0.39, 0.29) is 5.91 Å². The molecule has 0 aliphatic carbocycles. The standard InChI is InChI=1S/C17H20N2O2S/c20-17(19-9-5-2-6-10-19)11-14-13-22-16(18-14)12-21-15-7-3-1-4-8-15/h1,3-4,7-8,13H,2,5-6,9-12H2. The molecule has 1 amide bonds. The number of likely N-dealkylation sites (tertiary alicyclic amines) is 1. The molecule has 1 aromatic heterocycles. The number of amides is 1. The monoisotopic (exact) mass is 316 g/mol. The van der Waals surface area contributed by atoms with Crippen molar-refractivity contribution in [3.05, 3.63) is 46.4 Å². The molecule has 0 atom stereocenters. The zero-order chi connectivity index (χ0) is 15.2. The van der Waals surface area contributed by atoms with Crippen molar-refractivity contribution in [1.29, 1.82) is 0 Å². The van der Waals surface area contributed by atoms with E-state index in [1.807, 2.05) is 40.6 Å². The second-order valence-electron chi connectivity index (χ2n) is 5.45. The lowest BCUT2D eigenvalue weighted by Crippen LogP contribution is -2.36. The van der Waals surface area contributed by atoms with Crippen LogP contribution in [-0.4, -0.2) is 28.9 Å². The number of hydrogen-bond donors (Lipinski definition) is 0. The molecule has 1 fully saturated rings. The topological polar surface area (TPSA) is 42.4 Å². The average Bonchev–Trinajstić information content (AvgIpc) is 3.02. The number of nitrogens with zero attached hydrogens (tertiary/aromatic N) is 2. The van der Waals surface area contributed by atoms with Crippen LogP contribution in [0.4, 0.5) is 0 Å². The van der Waals surface area contributed by atoms with Crippen molar-refractivity contribution in [2.45, 2.75) is 32.3 Å². The van der Waals surface area contributed by atoms with Crippen molar-refractivity contribution in [3.8, 4) is 5.75 Å². The van der Waals surface area contributed by atoms with E-state index in [1.165, 1.54) is 6.42 Å². The quantitative estimate of drug-likeness (QED) is 0.850. The van der Waals surface area contributed by atoms with Gasteiger partial charge < -0.3 is 9.64 Å². The molecule has 1 aromatic carbocycles. The molecule has 2 aromatic rings. The first-order valence-corrected chi connectivity index (χ1v) is 8.58. The van der Waals surface area contributed by atoms with Gasteiger partial charge in [0.25, 0.3) is 0 Å². The van der Waals surface area contributed by atoms with Crippen LogP contribution in [0.3, 0.4) is 0 Å². The van der Waals surface area contributed by atoms with Gasteiger partial charge in [0, 0.05) is 18.5 Å². The van der Waals surface area contributed by atoms with Crippen LogP contribution in [0.15, 0.2) is 35.7 Å². The van der Waals surface area contributed by atoms with Gasteiger partial charge in [-0.2, -0.15) is 0 Å². The number of piperidine rings is 1. The Balaban J connectivity index is 1.51. The Kier molecular flexibility index (Phi) is 5.06. The van der Waals surface area contributed by atoms with Gasteiger partial charge in [-0.1, -0.05) is 18.2 Å². The molecule has 1 aliphatic rings. The summed E-state index contributed by atoms with van der Waals surface area (Å²) in [6.45, 7) is 2.24. The molecular weight excluding hydrogens is 296 g/mol. The number of hydrogen-bond acceptors (Lipinski definition) is 4. The molecule has 5 heteroatoms. The average molecular weight is 316 g/mol. The maximum absolute atomic E-state index is 12.2. The van der Waals surface area contributed by atoms with Crippen LogP contribution in [0.5, 0.6) is 5.75 Å². The van der Waals surface area contributed by atoms with Crippen LogP contribution in [0.25, 0.3) is 0 Å². The van der Waals surface area contributed by atoms with E-state index in [0.717, 1.165) is 42.4 Å². The van der Waals surface area contributed by atoms with Crippen molar-refractivity contribution in [2.75, 3.05) is 13.1 Å². The highest BCUT2D eigenvalue weighted by molar-refractivity contribution is 7.09. The highest BCUT2D eigenvalue weighted by Crippen LogP contribution is 2.16. The molecule has 1 aliphatic heterocycles. The number of aromatic nitrogens is 1. The normalized spacial score (nSPS) is 14.8. The highest BCUT2D eigenvalue weighted by Gasteiger charge is 2.17. The summed E-state index contributed by atoms with van der Waals surface area (Å²) in [6, 6.07) is 9.70. The maximum Gasteiger partial charge on any atom is 0.228 e. The van der Waals surface area contributed by atoms with E-state index in [9.17, 15) is 4.79 Å². The summed E-state index contributed by atoms with van der Waals surface area (Å²) in [7, 11) is 0. The second kappa shape index (κ2) is 7.40. The minimum Gasteiger partial charge on any atom is -0.486 e. The Bertz CT molecular complexity index is 606. The first kappa shape index (κ1) is 15.0. The van der Waals surface area contributed by atoms with Gasteiger partial charge in [0.05, 0.1) is 12.1 Å². The van der Waals surface area contributed by atoms with E-state index < -0.39 is 0 Å². The van der Waals surface area contributed by atoms with Gasteiger partial charge in [0.1, 0.15) is 17.4 Å². The van der Waals surface area contributed by atoms with Gasteiger partial charge in [-0.25, -0.2) is 4.98 Å². The predicted octanol–water partition coefficient (Wildman–Crippen LogP) is 3.28. The lowest BCUT2D eigenvalue weighted by molar-refractivity contribution is -0.131. The van der Waals surface area contributed by atoms with E-state index >= 15 is 0 Å². The van der Waals surface area contributed by atoms with Crippen LogP contribution >= 0.6 is 11.3 Å². The van der Waals surface area contributed by atoms with Crippen LogP contribution in [0, 0.1) is 0 Å². The lowest BCUT2D eigenvalue weighted by atomic mass is 10.1. The molecule has 1 saturated heterocycles. The van der Waals surface area contributed by atoms with E-state index in [4.69, 9.17) is 4.74 Å². The molecule has 2 heterocycles. The number of para-hydroxylation sites is 1. The molecule has 0 saturated carbocycles. The SMILES string of the molecule is O=C(Cc1csc(COc2ccccc2)n1)N1CCCCC1. The summed E-state index contributed by atoms with van der Waals surface area (Å²) in [6.07, 6.45) is 3.89. The Labute approximate surface area is 134 Å². The first-order chi connectivity index (χ1) is 10.8. The minimum absolute atomic E-state index is 0.195. The molecular formula is C17H20N2O2S. The molecule has 0 N–H and O–H groups in total. The van der Waals surface area contributed by atoms with Gasteiger partial charge in [0.2, 0.25) is 5.91 Å². The van der Waals surface area contributed by atoms with Gasteiger partial charge in [-0.3, -0.25) is 4.79 Å². The minimum atomic E-state index is 0.195. The second-order valence-corrected chi connectivity index (χ2v) is 6.40. The molecule has 4 nitrogen and oxygen atoms in total. The first-order valence-electron chi connectivity index (χ1n) is 7.70. The number of carbonyl (C=O) groups excluding carboxylic acids is 1. The zero-order valence-corrected chi connectivity index (χ0v) is 13.3. The molecule has 0 unspecified atom stereocenters. The largest absolute Gasteiger partial charge is 0.486 e. The lowest BCUT2D eigenvalue weighted by Gasteiger charge is -2.26. The molecule has 22 heavy (non-hydrogen) atoms. The van der Waals surface area contributed by atoms with Crippen molar-refractivity contribution in [3.63, 3.8) is 0 Å². The van der Waals surface area contributed by atoms with Crippen LogP contribution < -0.4 is 4.74 Å². The fourth-order valence-electron chi connectivity index (χ4n) is 2.57. The number of carbonyl (C=O) groups is 1. The Morgan fingerprint density at radius 2 is 1.95 bits per heavy atom. The van der Waals surface area contributed by atoms with Gasteiger partial charge in [-0.15, -0.1) is 11.3 Å². The van der Waals surface area contributed by atoms with Crippen molar-refractivity contribution < 1.29 is 9.53 Å². The van der Waals surface area contributed by atoms with E-state index in [1.54, 1.807) is 11.3 Å². The number of ether oxygens (including phenoxy) is 1. The van der Waals surface area contributed by atoms with Crippen LogP contribution in [0.2, 0.25) is 0 Å². The van der Waals surface area contributed by atoms with E-state index in [0.29, 0.717) is 13.0 Å². The van der Waals surface area contributed by atoms with E-state index in [2.05, 4.69) is 4.98 Å². The Hall–Kier alpha value is -1.88. The van der Waals surface area contributed by atoms with Crippen molar-refractivity contribution in [1.82, 2.24) is 9.88 Å². The van der Waals surface area contributed by atoms with Crippen molar-refractivity contribution in [2.24, 2.45) is 0 Å². The summed E-state index contributed by atoms with van der Waals surface area (Å²) < 4.78 is 5.68. The zero-order valence-electron chi connectivity index (χ0n) is 12.5. The van der Waals surface area contributed by atoms with Crippen LogP contribution in [-0.2, 0) is 17.8 Å². The third-order valence-corrected chi connectivity index (χ3v) is 4.62. The third-order valence-electron chi connectivity index (χ3n) is 3.75. The van der Waals surface area contributed by atoms with Gasteiger partial charge >= 0.3 is 0 Å². The van der Waals surface area contributed by atoms with Gasteiger partial charge in [-0.05, 0) is 31.4 Å². The predicted molar refractivity (Wildman–Crippen MR) is 87.0 cm³/mol. The highest BCUT2D eigenvalue weighted by atomic mass is 32.1. The summed E-state index contributed by atoms with van der Waals surface area (Å²) >= 11 is 1.55. The smallest absolute Gasteiger partial charge is 0.228 e. The van der Waals surface area contributed by atoms with Gasteiger partial charge in [0.15, 0.2) is 0 Å². The number of rotatable bonds is 5. The molecule has 0 radical (unpaired) electrons. The summed E-state index contributed by atoms with van der Waals surface area (Å²) in [5, 5.41) is 2.87. The van der Waals surface area contributed by atoms with Crippen molar-refractivity contribution >= 4 is 17.2 Å². The third kappa shape index (κ3) is 4.07. The summed E-state index contributed by atoms with van der Waals surface area (Å²) in [5.74, 6) is 1.03. The fraction of sp³-hybridized carbons (Fsp3) is 0.412. The molecule has 3 rings (SSSR count). The number of thiazole rings is 1. The molecule has 0 spiro atoms. The molecule has 116 valence electrons. The summed E-state index contributed by atoms with van der Waals surface area (Å²) in [5.41, 5.74) is 0.854. The fourth-order valence-corrected chi connectivity index (χ4v) is 3.27. The Morgan fingerprint density at radius 1 is 1.18 bits per heavy atom.